The number of aromatic nitrogens is 5. The molecular weight excluding hydrogens is 276 g/mol. The Morgan fingerprint density at radius 1 is 1.48 bits per heavy atom. The number of rotatable bonds is 7. The SMILES string of the molecule is COC(=O)[C@H](Cc1cnc[nH]1)NC(=O)CCn1cncn1. The first kappa shape index (κ1) is 14.7. The van der Waals surface area contributed by atoms with Crippen molar-refractivity contribution in [2.45, 2.75) is 25.4 Å². The zero-order valence-corrected chi connectivity index (χ0v) is 11.5. The molecule has 9 nitrogen and oxygen atoms in total. The number of methoxy groups -OCH3 is 1. The third kappa shape index (κ3) is 4.41. The first-order chi connectivity index (χ1) is 10.2. The summed E-state index contributed by atoms with van der Waals surface area (Å²) in [6, 6.07) is -0.751. The smallest absolute Gasteiger partial charge is 0.328 e. The highest BCUT2D eigenvalue weighted by Crippen LogP contribution is 2.01. The molecule has 0 aliphatic heterocycles. The molecule has 0 radical (unpaired) electrons. The van der Waals surface area contributed by atoms with Crippen molar-refractivity contribution in [1.82, 2.24) is 30.0 Å². The van der Waals surface area contributed by atoms with E-state index < -0.39 is 12.0 Å². The summed E-state index contributed by atoms with van der Waals surface area (Å²) in [5, 5.41) is 6.55. The van der Waals surface area contributed by atoms with Gasteiger partial charge in [-0.15, -0.1) is 0 Å². The average Bonchev–Trinajstić information content (AvgIpc) is 3.16. The minimum atomic E-state index is -0.751. The molecule has 2 N–H and O–H groups in total. The number of hydrogen-bond donors (Lipinski definition) is 2. The molecule has 9 heteroatoms. The highest BCUT2D eigenvalue weighted by atomic mass is 16.5. The van der Waals surface area contributed by atoms with Gasteiger partial charge in [-0.1, -0.05) is 0 Å². The maximum atomic E-state index is 11.9. The minimum absolute atomic E-state index is 0.194. The van der Waals surface area contributed by atoms with E-state index >= 15 is 0 Å². The van der Waals surface area contributed by atoms with Crippen LogP contribution in [0.5, 0.6) is 0 Å². The molecule has 0 unspecified atom stereocenters. The fourth-order valence-electron chi connectivity index (χ4n) is 1.78. The largest absolute Gasteiger partial charge is 0.467 e. The van der Waals surface area contributed by atoms with E-state index in [1.54, 1.807) is 10.9 Å². The Kier molecular flexibility index (Phi) is 5.02. The minimum Gasteiger partial charge on any atom is -0.467 e. The predicted octanol–water partition coefficient (Wildman–Crippen LogP) is -0.708. The molecule has 0 bridgehead atoms. The van der Waals surface area contributed by atoms with Gasteiger partial charge in [-0.25, -0.2) is 14.8 Å². The zero-order chi connectivity index (χ0) is 15.1. The number of ether oxygens (including phenoxy) is 1. The van der Waals surface area contributed by atoms with Gasteiger partial charge in [0.1, 0.15) is 18.7 Å². The van der Waals surface area contributed by atoms with E-state index in [-0.39, 0.29) is 12.3 Å². The Morgan fingerprint density at radius 2 is 2.33 bits per heavy atom. The molecule has 1 amide bonds. The van der Waals surface area contributed by atoms with E-state index in [9.17, 15) is 9.59 Å². The summed E-state index contributed by atoms with van der Waals surface area (Å²) < 4.78 is 6.24. The van der Waals surface area contributed by atoms with Crippen molar-refractivity contribution < 1.29 is 14.3 Å². The van der Waals surface area contributed by atoms with Gasteiger partial charge in [0.2, 0.25) is 5.91 Å². The van der Waals surface area contributed by atoms with Gasteiger partial charge in [-0.3, -0.25) is 9.48 Å². The van der Waals surface area contributed by atoms with Crippen LogP contribution in [0, 0.1) is 0 Å². The third-order valence-corrected chi connectivity index (χ3v) is 2.83. The van der Waals surface area contributed by atoms with Gasteiger partial charge in [0, 0.05) is 24.7 Å². The van der Waals surface area contributed by atoms with Gasteiger partial charge < -0.3 is 15.0 Å². The van der Waals surface area contributed by atoms with Gasteiger partial charge in [-0.2, -0.15) is 5.10 Å². The molecule has 0 aliphatic carbocycles. The monoisotopic (exact) mass is 292 g/mol. The van der Waals surface area contributed by atoms with Crippen molar-refractivity contribution in [3.63, 3.8) is 0 Å². The van der Waals surface area contributed by atoms with E-state index in [1.807, 2.05) is 0 Å². The number of aryl methyl sites for hydroxylation is 1. The molecule has 0 spiro atoms. The van der Waals surface area contributed by atoms with E-state index in [0.29, 0.717) is 13.0 Å². The summed E-state index contributed by atoms with van der Waals surface area (Å²) in [5.74, 6) is -0.765. The summed E-state index contributed by atoms with van der Waals surface area (Å²) >= 11 is 0. The lowest BCUT2D eigenvalue weighted by molar-refractivity contribution is -0.145. The normalized spacial score (nSPS) is 11.9. The molecule has 2 aromatic rings. The standard InChI is InChI=1S/C12H16N6O3/c1-21-12(20)10(4-9-5-13-6-15-9)17-11(19)2-3-18-8-14-7-16-18/h5-8,10H,2-4H2,1H3,(H,13,15)(H,17,19)/t10-/m0/s1. The number of H-pyrrole nitrogens is 1. The number of hydrogen-bond acceptors (Lipinski definition) is 6. The second kappa shape index (κ2) is 7.17. The third-order valence-electron chi connectivity index (χ3n) is 2.83. The lowest BCUT2D eigenvalue weighted by atomic mass is 10.1. The molecule has 2 aromatic heterocycles. The number of amides is 1. The second-order valence-corrected chi connectivity index (χ2v) is 4.33. The maximum Gasteiger partial charge on any atom is 0.328 e. The maximum absolute atomic E-state index is 11.9. The van der Waals surface area contributed by atoms with Crippen LogP contribution in [0.3, 0.4) is 0 Å². The van der Waals surface area contributed by atoms with Gasteiger partial charge in [0.25, 0.3) is 0 Å². The van der Waals surface area contributed by atoms with Crippen LogP contribution in [0.15, 0.2) is 25.2 Å². The van der Waals surface area contributed by atoms with Crippen LogP contribution in [-0.4, -0.2) is 49.8 Å². The number of carbonyl (C=O) groups is 2. The van der Waals surface area contributed by atoms with Crippen molar-refractivity contribution in [3.05, 3.63) is 30.9 Å². The first-order valence-corrected chi connectivity index (χ1v) is 6.36. The van der Waals surface area contributed by atoms with Gasteiger partial charge in [0.15, 0.2) is 0 Å². The molecule has 0 fully saturated rings. The topological polar surface area (TPSA) is 115 Å². The molecule has 0 saturated heterocycles. The van der Waals surface area contributed by atoms with Crippen molar-refractivity contribution >= 4 is 11.9 Å². The number of nitrogens with zero attached hydrogens (tertiary/aromatic N) is 4. The molecule has 21 heavy (non-hydrogen) atoms. The number of carbonyl (C=O) groups excluding carboxylic acids is 2. The Labute approximate surface area is 120 Å². The molecule has 1 atom stereocenters. The van der Waals surface area contributed by atoms with E-state index in [4.69, 9.17) is 4.74 Å². The molecule has 2 heterocycles. The van der Waals surface area contributed by atoms with Crippen LogP contribution in [0.1, 0.15) is 12.1 Å². The summed E-state index contributed by atoms with van der Waals surface area (Å²) in [4.78, 5) is 34.1. The van der Waals surface area contributed by atoms with Crippen molar-refractivity contribution in [1.29, 1.82) is 0 Å². The first-order valence-electron chi connectivity index (χ1n) is 6.36. The highest BCUT2D eigenvalue weighted by molar-refractivity contribution is 5.84. The van der Waals surface area contributed by atoms with Crippen LogP contribution in [0.2, 0.25) is 0 Å². The lowest BCUT2D eigenvalue weighted by Crippen LogP contribution is -2.43. The molecular formula is C12H16N6O3. The number of imidazole rings is 1. The van der Waals surface area contributed by atoms with Crippen LogP contribution >= 0.6 is 0 Å². The average molecular weight is 292 g/mol. The summed E-state index contributed by atoms with van der Waals surface area (Å²) in [7, 11) is 1.28. The van der Waals surface area contributed by atoms with Gasteiger partial charge in [-0.05, 0) is 0 Å². The van der Waals surface area contributed by atoms with Gasteiger partial charge >= 0.3 is 5.97 Å². The summed E-state index contributed by atoms with van der Waals surface area (Å²) in [5.41, 5.74) is 0.738. The molecule has 0 aliphatic rings. The van der Waals surface area contributed by atoms with Gasteiger partial charge in [0.05, 0.1) is 20.0 Å². The molecule has 0 aromatic carbocycles. The van der Waals surface area contributed by atoms with E-state index in [0.717, 1.165) is 5.69 Å². The Hall–Kier alpha value is -2.71. The van der Waals surface area contributed by atoms with E-state index in [1.165, 1.54) is 26.1 Å². The second-order valence-electron chi connectivity index (χ2n) is 4.33. The van der Waals surface area contributed by atoms with Crippen LogP contribution in [0.25, 0.3) is 0 Å². The number of esters is 1. The zero-order valence-electron chi connectivity index (χ0n) is 11.5. The molecule has 2 rings (SSSR count). The van der Waals surface area contributed by atoms with Crippen molar-refractivity contribution in [3.8, 4) is 0 Å². The highest BCUT2D eigenvalue weighted by Gasteiger charge is 2.22. The number of aromatic amines is 1. The summed E-state index contributed by atoms with van der Waals surface area (Å²) in [6.07, 6.45) is 6.51. The Bertz CT molecular complexity index is 566. The Balaban J connectivity index is 1.88. The summed E-state index contributed by atoms with van der Waals surface area (Å²) in [6.45, 7) is 0.393. The van der Waals surface area contributed by atoms with Crippen LogP contribution < -0.4 is 5.32 Å². The molecule has 0 saturated carbocycles. The van der Waals surface area contributed by atoms with Crippen molar-refractivity contribution in [2.75, 3.05) is 7.11 Å². The molecule has 112 valence electrons. The number of nitrogens with one attached hydrogen (secondary N) is 2. The fraction of sp³-hybridized carbons (Fsp3) is 0.417. The lowest BCUT2D eigenvalue weighted by Gasteiger charge is -2.15. The van der Waals surface area contributed by atoms with Crippen LogP contribution in [0.4, 0.5) is 0 Å². The van der Waals surface area contributed by atoms with E-state index in [2.05, 4.69) is 25.4 Å². The van der Waals surface area contributed by atoms with Crippen LogP contribution in [-0.2, 0) is 27.3 Å². The fourth-order valence-corrected chi connectivity index (χ4v) is 1.78. The quantitative estimate of drug-likeness (QED) is 0.652. The van der Waals surface area contributed by atoms with Crippen molar-refractivity contribution in [2.24, 2.45) is 0 Å². The Morgan fingerprint density at radius 3 is 2.95 bits per heavy atom. The predicted molar refractivity (Wildman–Crippen MR) is 70.9 cm³/mol.